The Kier molecular flexibility index (Phi) is 5.64. The van der Waals surface area contributed by atoms with Crippen LogP contribution in [0.4, 0.5) is 5.82 Å². The monoisotopic (exact) mass is 460 g/mol. The minimum atomic E-state index is -0.252. The molecule has 4 heterocycles. The van der Waals surface area contributed by atoms with Crippen molar-refractivity contribution in [1.29, 1.82) is 0 Å². The predicted octanol–water partition coefficient (Wildman–Crippen LogP) is 3.03. The first-order valence-electron chi connectivity index (χ1n) is 12.5. The van der Waals surface area contributed by atoms with Crippen molar-refractivity contribution in [1.82, 2.24) is 35.5 Å². The maximum absolute atomic E-state index is 5.29. The highest BCUT2D eigenvalue weighted by molar-refractivity contribution is 5.58. The van der Waals surface area contributed by atoms with Gasteiger partial charge in [0.25, 0.3) is 0 Å². The Labute approximate surface area is 199 Å². The van der Waals surface area contributed by atoms with Crippen LogP contribution in [0.3, 0.4) is 0 Å². The first kappa shape index (κ1) is 21.5. The second-order valence-electron chi connectivity index (χ2n) is 9.96. The van der Waals surface area contributed by atoms with E-state index in [1.165, 1.54) is 32.1 Å². The van der Waals surface area contributed by atoms with Gasteiger partial charge in [-0.15, -0.1) is 10.2 Å². The SMILES string of the molecule is COc1cncc(-c2cn(C3(c4ccc(N5CCC[C@@H](NCC6CCC6)C5)nn4)CC3)nn2)c1. The third-order valence-electron chi connectivity index (χ3n) is 7.69. The number of nitrogens with one attached hydrogen (secondary N) is 1. The third-order valence-corrected chi connectivity index (χ3v) is 7.69. The van der Waals surface area contributed by atoms with Crippen LogP contribution in [0.25, 0.3) is 11.3 Å². The summed E-state index contributed by atoms with van der Waals surface area (Å²) in [6.45, 7) is 3.21. The van der Waals surface area contributed by atoms with Crippen LogP contribution in [-0.2, 0) is 5.54 Å². The highest BCUT2D eigenvalue weighted by atomic mass is 16.5. The van der Waals surface area contributed by atoms with Crippen molar-refractivity contribution in [3.63, 3.8) is 0 Å². The molecule has 1 atom stereocenters. The van der Waals surface area contributed by atoms with E-state index in [0.29, 0.717) is 11.8 Å². The predicted molar refractivity (Wildman–Crippen MR) is 129 cm³/mol. The van der Waals surface area contributed by atoms with Crippen LogP contribution in [0.1, 0.15) is 50.6 Å². The number of anilines is 1. The molecule has 0 spiro atoms. The van der Waals surface area contributed by atoms with Gasteiger partial charge in [0.1, 0.15) is 17.0 Å². The van der Waals surface area contributed by atoms with Crippen molar-refractivity contribution in [2.45, 2.75) is 56.5 Å². The summed E-state index contributed by atoms with van der Waals surface area (Å²) >= 11 is 0. The molecule has 1 aliphatic heterocycles. The van der Waals surface area contributed by atoms with Crippen LogP contribution in [-0.4, -0.2) is 63.0 Å². The van der Waals surface area contributed by atoms with E-state index in [0.717, 1.165) is 61.2 Å². The molecule has 9 nitrogen and oxygen atoms in total. The highest BCUT2D eigenvalue weighted by Crippen LogP contribution is 2.48. The van der Waals surface area contributed by atoms with Gasteiger partial charge in [0, 0.05) is 30.9 Å². The number of ether oxygens (including phenoxy) is 1. The molecule has 9 heteroatoms. The molecule has 6 rings (SSSR count). The van der Waals surface area contributed by atoms with Gasteiger partial charge in [-0.2, -0.15) is 5.10 Å². The summed E-state index contributed by atoms with van der Waals surface area (Å²) in [5, 5.41) is 21.9. The van der Waals surface area contributed by atoms with E-state index in [-0.39, 0.29) is 5.54 Å². The first-order chi connectivity index (χ1) is 16.7. The normalized spacial score (nSPS) is 21.8. The lowest BCUT2D eigenvalue weighted by Crippen LogP contribution is -2.47. The summed E-state index contributed by atoms with van der Waals surface area (Å²) in [5.41, 5.74) is 2.36. The molecule has 1 saturated heterocycles. The van der Waals surface area contributed by atoms with Crippen molar-refractivity contribution >= 4 is 5.82 Å². The molecular weight excluding hydrogens is 428 g/mol. The van der Waals surface area contributed by atoms with Crippen LogP contribution in [0.15, 0.2) is 36.8 Å². The molecule has 3 fully saturated rings. The van der Waals surface area contributed by atoms with E-state index in [9.17, 15) is 0 Å². The summed E-state index contributed by atoms with van der Waals surface area (Å²) < 4.78 is 7.23. The van der Waals surface area contributed by atoms with Gasteiger partial charge >= 0.3 is 0 Å². The lowest BCUT2D eigenvalue weighted by Gasteiger charge is -2.35. The third kappa shape index (κ3) is 4.13. The smallest absolute Gasteiger partial charge is 0.151 e. The summed E-state index contributed by atoms with van der Waals surface area (Å²) in [4.78, 5) is 6.61. The summed E-state index contributed by atoms with van der Waals surface area (Å²) in [6, 6.07) is 6.71. The minimum absolute atomic E-state index is 0.252. The molecule has 2 saturated carbocycles. The van der Waals surface area contributed by atoms with Crippen LogP contribution in [0.5, 0.6) is 5.75 Å². The molecule has 0 amide bonds. The molecule has 1 N–H and O–H groups in total. The molecule has 0 radical (unpaired) electrons. The fourth-order valence-electron chi connectivity index (χ4n) is 5.12. The van der Waals surface area contributed by atoms with E-state index in [1.807, 2.05) is 16.9 Å². The number of hydrogen-bond acceptors (Lipinski definition) is 8. The molecule has 0 aromatic carbocycles. The van der Waals surface area contributed by atoms with Gasteiger partial charge in [-0.25, -0.2) is 4.68 Å². The molecule has 3 aromatic heterocycles. The molecule has 2 aliphatic carbocycles. The van der Waals surface area contributed by atoms with Gasteiger partial charge in [-0.1, -0.05) is 11.6 Å². The Morgan fingerprint density at radius 1 is 1.09 bits per heavy atom. The van der Waals surface area contributed by atoms with Gasteiger partial charge in [-0.05, 0) is 69.2 Å². The van der Waals surface area contributed by atoms with E-state index < -0.39 is 0 Å². The fraction of sp³-hybridized carbons (Fsp3) is 0.560. The molecule has 3 aromatic rings. The first-order valence-corrected chi connectivity index (χ1v) is 12.5. The highest BCUT2D eigenvalue weighted by Gasteiger charge is 2.49. The summed E-state index contributed by atoms with van der Waals surface area (Å²) in [7, 11) is 1.63. The van der Waals surface area contributed by atoms with Gasteiger partial charge in [0.05, 0.1) is 25.2 Å². The van der Waals surface area contributed by atoms with Crippen LogP contribution in [0.2, 0.25) is 0 Å². The zero-order valence-electron chi connectivity index (χ0n) is 19.7. The average molecular weight is 461 g/mol. The van der Waals surface area contributed by atoms with Gasteiger partial charge < -0.3 is 15.0 Å². The number of aromatic nitrogens is 6. The Balaban J connectivity index is 1.14. The van der Waals surface area contributed by atoms with Crippen LogP contribution in [0, 0.1) is 5.92 Å². The second kappa shape index (κ2) is 8.94. The maximum atomic E-state index is 5.29. The molecule has 0 unspecified atom stereocenters. The number of nitrogens with zero attached hydrogens (tertiary/aromatic N) is 7. The van der Waals surface area contributed by atoms with Crippen molar-refractivity contribution < 1.29 is 4.74 Å². The number of piperidine rings is 1. The zero-order valence-corrected chi connectivity index (χ0v) is 19.7. The Morgan fingerprint density at radius 2 is 2.00 bits per heavy atom. The van der Waals surface area contributed by atoms with Crippen LogP contribution < -0.4 is 15.0 Å². The number of rotatable bonds is 8. The maximum Gasteiger partial charge on any atom is 0.151 e. The number of hydrogen-bond donors (Lipinski definition) is 1. The number of pyridine rings is 1. The topological polar surface area (TPSA) is 93.9 Å². The molecular formula is C25H32N8O. The summed E-state index contributed by atoms with van der Waals surface area (Å²) in [6.07, 6.45) is 14.0. The average Bonchev–Trinajstić information content (AvgIpc) is 3.52. The van der Waals surface area contributed by atoms with Crippen molar-refractivity contribution in [2.24, 2.45) is 5.92 Å². The van der Waals surface area contributed by atoms with Crippen LogP contribution >= 0.6 is 0 Å². The second-order valence-corrected chi connectivity index (χ2v) is 9.96. The fourth-order valence-corrected chi connectivity index (χ4v) is 5.12. The molecule has 0 bridgehead atoms. The van der Waals surface area contributed by atoms with E-state index in [2.05, 4.69) is 47.8 Å². The minimum Gasteiger partial charge on any atom is -0.495 e. The Hall–Kier alpha value is -3.07. The lowest BCUT2D eigenvalue weighted by atomic mass is 9.85. The number of methoxy groups -OCH3 is 1. The van der Waals surface area contributed by atoms with E-state index in [1.54, 1.807) is 19.5 Å². The molecule has 34 heavy (non-hydrogen) atoms. The van der Waals surface area contributed by atoms with Crippen molar-refractivity contribution in [3.8, 4) is 17.0 Å². The molecule has 178 valence electrons. The standard InChI is InChI=1S/C25H32N8O/c1-34-21-12-19(14-26-15-21)22-17-33(31-28-22)25(9-10-25)23-7-8-24(30-29-23)32-11-3-6-20(16-32)27-13-18-4-2-5-18/h7-8,12,14-15,17-18,20,27H,2-6,9-11,13,16H2,1H3/t20-/m1/s1. The van der Waals surface area contributed by atoms with E-state index in [4.69, 9.17) is 4.74 Å². The van der Waals surface area contributed by atoms with Gasteiger partial charge in [0.2, 0.25) is 0 Å². The van der Waals surface area contributed by atoms with Crippen molar-refractivity contribution in [3.05, 3.63) is 42.5 Å². The quantitative estimate of drug-likeness (QED) is 0.548. The van der Waals surface area contributed by atoms with E-state index >= 15 is 0 Å². The zero-order chi connectivity index (χ0) is 23.0. The summed E-state index contributed by atoms with van der Waals surface area (Å²) in [5.74, 6) is 2.56. The lowest BCUT2D eigenvalue weighted by molar-refractivity contribution is 0.280. The van der Waals surface area contributed by atoms with Gasteiger partial charge in [-0.3, -0.25) is 4.98 Å². The molecule has 3 aliphatic rings. The Bertz CT molecular complexity index is 1120. The van der Waals surface area contributed by atoms with Crippen molar-refractivity contribution in [2.75, 3.05) is 31.6 Å². The largest absolute Gasteiger partial charge is 0.495 e. The van der Waals surface area contributed by atoms with Gasteiger partial charge in [0.15, 0.2) is 5.82 Å². The Morgan fingerprint density at radius 3 is 2.74 bits per heavy atom.